The third-order valence-corrected chi connectivity index (χ3v) is 5.74. The van der Waals surface area contributed by atoms with Crippen molar-refractivity contribution in [1.29, 1.82) is 0 Å². The highest BCUT2D eigenvalue weighted by Gasteiger charge is 2.66. The number of hydrogen-bond donors (Lipinski definition) is 2. The van der Waals surface area contributed by atoms with Crippen LogP contribution in [0.25, 0.3) is 17.6 Å². The Morgan fingerprint density at radius 1 is 1.06 bits per heavy atom. The van der Waals surface area contributed by atoms with Crippen LogP contribution in [0.5, 0.6) is 0 Å². The van der Waals surface area contributed by atoms with Crippen molar-refractivity contribution in [1.82, 2.24) is 25.6 Å². The second-order valence-corrected chi connectivity index (χ2v) is 9.59. The minimum Gasteiger partial charge on any atom is -0.273 e. The lowest BCUT2D eigenvalue weighted by Crippen LogP contribution is -2.45. The van der Waals surface area contributed by atoms with Crippen molar-refractivity contribution in [3.8, 4) is 11.4 Å². The highest BCUT2D eigenvalue weighted by Crippen LogP contribution is 3.02. The number of alkyl halides is 3. The van der Waals surface area contributed by atoms with Crippen molar-refractivity contribution in [3.05, 3.63) is 36.2 Å². The molecule has 2 N–H and O–H groups in total. The predicted molar refractivity (Wildman–Crippen MR) is 101 cm³/mol. The van der Waals surface area contributed by atoms with E-state index < -0.39 is 50.2 Å². The largest absolute Gasteiger partial charge is 0.416 e. The van der Waals surface area contributed by atoms with Crippen molar-refractivity contribution >= 4 is 28.2 Å². The number of nitrogens with one attached hydrogen (secondary N) is 2. The maximum atomic E-state index is 13.1. The minimum absolute atomic E-state index is 0.178. The molecule has 16 heteroatoms. The zero-order valence-electron chi connectivity index (χ0n) is 16.3. The van der Waals surface area contributed by atoms with Crippen molar-refractivity contribution in [3.63, 3.8) is 0 Å². The number of benzene rings is 1. The van der Waals surface area contributed by atoms with E-state index in [0.29, 0.717) is 12.8 Å². The molecule has 0 saturated heterocycles. The molecule has 182 valence electrons. The van der Waals surface area contributed by atoms with Gasteiger partial charge >= 0.3 is 16.4 Å². The van der Waals surface area contributed by atoms with Crippen LogP contribution in [-0.2, 0) is 15.8 Å². The SMILES string of the molecule is O=C(C=Cn1cnc(-c2cc(C(F)(F)F)cc(S(F)(F)(F)(F)F)c2)n1)NNC(=O)C1CCC1. The Labute approximate surface area is 180 Å². The summed E-state index contributed by atoms with van der Waals surface area (Å²) in [4.78, 5) is 24.1. The first-order valence-electron chi connectivity index (χ1n) is 9.08. The van der Waals surface area contributed by atoms with Gasteiger partial charge in [-0.25, -0.2) is 9.67 Å². The van der Waals surface area contributed by atoms with Crippen LogP contribution in [0, 0.1) is 5.92 Å². The number of amides is 2. The van der Waals surface area contributed by atoms with Gasteiger partial charge in [-0.3, -0.25) is 20.4 Å². The molecule has 3 rings (SSSR count). The minimum atomic E-state index is -10.4. The predicted octanol–water partition coefficient (Wildman–Crippen LogP) is 5.04. The number of hydrogen-bond acceptors (Lipinski definition) is 4. The molecular formula is C17H15F8N5O2S. The van der Waals surface area contributed by atoms with Gasteiger partial charge in [0.2, 0.25) is 5.91 Å². The summed E-state index contributed by atoms with van der Waals surface area (Å²) >= 11 is 0. The summed E-state index contributed by atoms with van der Waals surface area (Å²) in [5, 5.41) is 3.58. The van der Waals surface area contributed by atoms with Gasteiger partial charge in [-0.2, -0.15) is 13.2 Å². The van der Waals surface area contributed by atoms with E-state index in [1.165, 1.54) is 0 Å². The van der Waals surface area contributed by atoms with Crippen LogP contribution in [0.2, 0.25) is 0 Å². The van der Waals surface area contributed by atoms with Gasteiger partial charge in [-0.1, -0.05) is 25.8 Å². The molecule has 0 radical (unpaired) electrons. The van der Waals surface area contributed by atoms with E-state index in [0.717, 1.165) is 29.7 Å². The van der Waals surface area contributed by atoms with E-state index in [9.17, 15) is 42.2 Å². The molecule has 1 aromatic heterocycles. The van der Waals surface area contributed by atoms with E-state index in [1.54, 1.807) is 0 Å². The van der Waals surface area contributed by atoms with Gasteiger partial charge in [-0.15, -0.1) is 5.10 Å². The number of nitrogens with zero attached hydrogens (tertiary/aromatic N) is 3. The molecule has 7 nitrogen and oxygen atoms in total. The molecular weight excluding hydrogens is 490 g/mol. The topological polar surface area (TPSA) is 88.9 Å². The number of hydrazine groups is 1. The van der Waals surface area contributed by atoms with E-state index in [2.05, 4.69) is 20.9 Å². The fourth-order valence-corrected chi connectivity index (χ4v) is 3.37. The van der Waals surface area contributed by atoms with Crippen LogP contribution in [0.15, 0.2) is 35.5 Å². The van der Waals surface area contributed by atoms with Crippen LogP contribution in [0.4, 0.5) is 32.6 Å². The van der Waals surface area contributed by atoms with Crippen LogP contribution in [0.3, 0.4) is 0 Å². The molecule has 2 aromatic rings. The fraction of sp³-hybridized carbons (Fsp3) is 0.294. The quantitative estimate of drug-likeness (QED) is 0.339. The summed E-state index contributed by atoms with van der Waals surface area (Å²) < 4.78 is 105. The van der Waals surface area contributed by atoms with E-state index in [1.807, 2.05) is 0 Å². The standard InChI is InChI=1S/C17H15F8N5O2S/c18-17(19,20)12-6-11(7-13(8-12)33(21,22,23,24)25)15-26-9-30(29-15)5-4-14(31)27-28-16(32)10-2-1-3-10/h4-10H,1-3H2,(H,27,31)(H,28,32). The van der Waals surface area contributed by atoms with Crippen molar-refractivity contribution < 1.29 is 42.2 Å². The third kappa shape index (κ3) is 6.21. The summed E-state index contributed by atoms with van der Waals surface area (Å²) in [5.74, 6) is -2.12. The van der Waals surface area contributed by atoms with Gasteiger partial charge in [0.25, 0.3) is 5.91 Å². The van der Waals surface area contributed by atoms with Crippen LogP contribution < -0.4 is 10.9 Å². The Bertz CT molecular complexity index is 1120. The van der Waals surface area contributed by atoms with Crippen molar-refractivity contribution in [2.24, 2.45) is 5.92 Å². The van der Waals surface area contributed by atoms with E-state index in [4.69, 9.17) is 0 Å². The zero-order chi connectivity index (χ0) is 24.7. The molecule has 1 fully saturated rings. The normalized spacial score (nSPS) is 17.2. The summed E-state index contributed by atoms with van der Waals surface area (Å²) in [6, 6.07) is -0.661. The third-order valence-electron chi connectivity index (χ3n) is 4.61. The molecule has 1 heterocycles. The molecule has 0 atom stereocenters. The molecule has 0 aliphatic heterocycles. The molecule has 0 spiro atoms. The summed E-state index contributed by atoms with van der Waals surface area (Å²) in [6.07, 6.45) is -0.469. The number of rotatable bonds is 5. The average molecular weight is 505 g/mol. The maximum absolute atomic E-state index is 13.1. The van der Waals surface area contributed by atoms with Gasteiger partial charge in [-0.05, 0) is 31.0 Å². The Morgan fingerprint density at radius 2 is 1.73 bits per heavy atom. The number of halogens is 8. The summed E-state index contributed by atoms with van der Waals surface area (Å²) in [5.41, 5.74) is 1.34. The second kappa shape index (κ2) is 7.43. The zero-order valence-corrected chi connectivity index (χ0v) is 17.1. The van der Waals surface area contributed by atoms with Gasteiger partial charge in [0.1, 0.15) is 11.2 Å². The lowest BCUT2D eigenvalue weighted by molar-refractivity contribution is -0.137. The maximum Gasteiger partial charge on any atom is 0.416 e. The molecule has 1 aliphatic carbocycles. The van der Waals surface area contributed by atoms with Crippen LogP contribution in [-0.4, -0.2) is 26.6 Å². The molecule has 1 aliphatic rings. The molecule has 33 heavy (non-hydrogen) atoms. The lowest BCUT2D eigenvalue weighted by Gasteiger charge is -2.40. The first-order valence-corrected chi connectivity index (χ1v) is 11.0. The van der Waals surface area contributed by atoms with Crippen LogP contribution in [0.1, 0.15) is 24.8 Å². The van der Waals surface area contributed by atoms with Crippen molar-refractivity contribution in [2.75, 3.05) is 0 Å². The smallest absolute Gasteiger partial charge is 0.273 e. The molecule has 0 bridgehead atoms. The van der Waals surface area contributed by atoms with Gasteiger partial charge in [0.15, 0.2) is 5.82 Å². The number of carbonyl (C=O) groups is 2. The monoisotopic (exact) mass is 505 g/mol. The fourth-order valence-electron chi connectivity index (χ4n) is 2.67. The van der Waals surface area contributed by atoms with Gasteiger partial charge in [0, 0.05) is 23.8 Å². The second-order valence-electron chi connectivity index (χ2n) is 7.18. The summed E-state index contributed by atoms with van der Waals surface area (Å²) in [7, 11) is -10.4. The Balaban J connectivity index is 1.81. The summed E-state index contributed by atoms with van der Waals surface area (Å²) in [6.45, 7) is 0. The highest BCUT2D eigenvalue weighted by molar-refractivity contribution is 8.45. The Hall–Kier alpha value is -3.17. The molecule has 2 amide bonds. The molecule has 1 aromatic carbocycles. The van der Waals surface area contributed by atoms with E-state index in [-0.39, 0.29) is 24.0 Å². The van der Waals surface area contributed by atoms with Gasteiger partial charge < -0.3 is 0 Å². The number of aromatic nitrogens is 3. The van der Waals surface area contributed by atoms with Gasteiger partial charge in [0.05, 0.1) is 5.56 Å². The first-order chi connectivity index (χ1) is 14.9. The first kappa shape index (κ1) is 24.5. The number of carbonyl (C=O) groups excluding carboxylic acids is 2. The van der Waals surface area contributed by atoms with E-state index >= 15 is 0 Å². The Kier molecular flexibility index (Phi) is 5.51. The molecule has 0 unspecified atom stereocenters. The highest BCUT2D eigenvalue weighted by atomic mass is 32.5. The molecule has 1 saturated carbocycles. The van der Waals surface area contributed by atoms with Crippen LogP contribution >= 0.6 is 10.2 Å². The average Bonchev–Trinajstić information content (AvgIpc) is 3.09. The lowest BCUT2D eigenvalue weighted by atomic mass is 9.85. The Morgan fingerprint density at radius 3 is 2.27 bits per heavy atom. The van der Waals surface area contributed by atoms with Crippen molar-refractivity contribution in [2.45, 2.75) is 30.3 Å².